The van der Waals surface area contributed by atoms with E-state index in [0.717, 1.165) is 11.4 Å². The zero-order valence-electron chi connectivity index (χ0n) is 16.5. The van der Waals surface area contributed by atoms with Crippen LogP contribution in [0, 0.1) is 0 Å². The zero-order valence-corrected chi connectivity index (χ0v) is 16.5. The zero-order chi connectivity index (χ0) is 20.5. The number of amides is 2. The van der Waals surface area contributed by atoms with Crippen molar-refractivity contribution in [1.82, 2.24) is 5.32 Å². The first-order valence-corrected chi connectivity index (χ1v) is 9.33. The van der Waals surface area contributed by atoms with Gasteiger partial charge < -0.3 is 29.7 Å². The first kappa shape index (κ1) is 18.9. The number of fused-ring (bicyclic) bond motifs is 3. The topological polar surface area (TPSA) is 89.1 Å². The summed E-state index contributed by atoms with van der Waals surface area (Å²) in [6.07, 6.45) is 0.538. The van der Waals surface area contributed by atoms with Crippen LogP contribution in [0.15, 0.2) is 36.4 Å². The van der Waals surface area contributed by atoms with Gasteiger partial charge in [-0.05, 0) is 30.7 Å². The normalized spacial score (nSPS) is 19.7. The van der Waals surface area contributed by atoms with Crippen molar-refractivity contribution in [3.05, 3.63) is 42.0 Å². The van der Waals surface area contributed by atoms with E-state index >= 15 is 0 Å². The van der Waals surface area contributed by atoms with Gasteiger partial charge in [-0.25, -0.2) is 0 Å². The van der Waals surface area contributed by atoms with Crippen LogP contribution in [0.1, 0.15) is 16.8 Å². The molecule has 0 radical (unpaired) electrons. The minimum absolute atomic E-state index is 0.0479. The van der Waals surface area contributed by atoms with E-state index in [-0.39, 0.29) is 23.9 Å². The van der Waals surface area contributed by atoms with Gasteiger partial charge in [0.05, 0.1) is 32.7 Å². The Morgan fingerprint density at radius 3 is 2.45 bits per heavy atom. The van der Waals surface area contributed by atoms with Crippen molar-refractivity contribution < 1.29 is 23.8 Å². The average molecular weight is 397 g/mol. The van der Waals surface area contributed by atoms with Crippen molar-refractivity contribution in [3.63, 3.8) is 0 Å². The first-order valence-electron chi connectivity index (χ1n) is 9.33. The first-order chi connectivity index (χ1) is 14.0. The minimum Gasteiger partial charge on any atom is -0.493 e. The Morgan fingerprint density at radius 2 is 1.79 bits per heavy atom. The molecule has 2 atom stereocenters. The van der Waals surface area contributed by atoms with Gasteiger partial charge in [0, 0.05) is 18.2 Å². The number of nitrogens with one attached hydrogen (secondary N) is 2. The molecule has 0 aromatic heterocycles. The number of carbonyl (C=O) groups is 2. The SMILES string of the molecule is COc1cc(C(=O)NC2CC3C(=O)Nc4ccccc4N3C2)cc(OC)c1OC. The van der Waals surface area contributed by atoms with E-state index in [2.05, 4.69) is 10.6 Å². The molecule has 2 unspecified atom stereocenters. The van der Waals surface area contributed by atoms with E-state index in [4.69, 9.17) is 14.2 Å². The Balaban J connectivity index is 1.54. The third-order valence-corrected chi connectivity index (χ3v) is 5.34. The van der Waals surface area contributed by atoms with E-state index in [9.17, 15) is 9.59 Å². The van der Waals surface area contributed by atoms with E-state index < -0.39 is 0 Å². The summed E-state index contributed by atoms with van der Waals surface area (Å²) in [7, 11) is 4.52. The summed E-state index contributed by atoms with van der Waals surface area (Å²) in [6, 6.07) is 10.4. The lowest BCUT2D eigenvalue weighted by molar-refractivity contribution is -0.117. The molecular formula is C21H23N3O5. The molecule has 0 bridgehead atoms. The van der Waals surface area contributed by atoms with Gasteiger partial charge in [0.25, 0.3) is 5.91 Å². The highest BCUT2D eigenvalue weighted by Gasteiger charge is 2.41. The number of anilines is 2. The van der Waals surface area contributed by atoms with Crippen LogP contribution in [0.4, 0.5) is 11.4 Å². The van der Waals surface area contributed by atoms with Gasteiger partial charge in [-0.1, -0.05) is 12.1 Å². The Morgan fingerprint density at radius 1 is 1.10 bits per heavy atom. The van der Waals surface area contributed by atoms with Crippen LogP contribution in [0.5, 0.6) is 17.2 Å². The van der Waals surface area contributed by atoms with Crippen LogP contribution >= 0.6 is 0 Å². The number of methoxy groups -OCH3 is 3. The summed E-state index contributed by atoms with van der Waals surface area (Å²) in [5.41, 5.74) is 2.17. The summed E-state index contributed by atoms with van der Waals surface area (Å²) in [6.45, 7) is 0.561. The summed E-state index contributed by atoms with van der Waals surface area (Å²) in [4.78, 5) is 27.4. The van der Waals surface area contributed by atoms with Gasteiger partial charge in [-0.2, -0.15) is 0 Å². The molecule has 152 valence electrons. The summed E-state index contributed by atoms with van der Waals surface area (Å²) in [5.74, 6) is 0.942. The molecule has 8 nitrogen and oxygen atoms in total. The number of hydrogen-bond donors (Lipinski definition) is 2. The molecule has 2 N–H and O–H groups in total. The van der Waals surface area contributed by atoms with Crippen molar-refractivity contribution in [2.45, 2.75) is 18.5 Å². The molecule has 0 aliphatic carbocycles. The molecule has 2 amide bonds. The standard InChI is InChI=1S/C21H23N3O5/c1-27-17-8-12(9-18(28-2)19(17)29-3)20(25)22-13-10-16-21(26)23-14-6-4-5-7-15(14)24(16)11-13/h4-9,13,16H,10-11H2,1-3H3,(H,22,25)(H,23,26). The highest BCUT2D eigenvalue weighted by atomic mass is 16.5. The fourth-order valence-corrected chi connectivity index (χ4v) is 3.98. The molecule has 0 saturated carbocycles. The van der Waals surface area contributed by atoms with Gasteiger partial charge in [0.15, 0.2) is 11.5 Å². The van der Waals surface area contributed by atoms with E-state index in [1.54, 1.807) is 12.1 Å². The van der Waals surface area contributed by atoms with Gasteiger partial charge in [-0.3, -0.25) is 9.59 Å². The third kappa shape index (κ3) is 3.30. The molecular weight excluding hydrogens is 374 g/mol. The second-order valence-electron chi connectivity index (χ2n) is 6.99. The highest BCUT2D eigenvalue weighted by molar-refractivity contribution is 6.04. The Hall–Kier alpha value is -3.42. The van der Waals surface area contributed by atoms with E-state index in [1.807, 2.05) is 29.2 Å². The van der Waals surface area contributed by atoms with Crippen molar-refractivity contribution in [3.8, 4) is 17.2 Å². The third-order valence-electron chi connectivity index (χ3n) is 5.34. The number of rotatable bonds is 5. The number of carbonyl (C=O) groups excluding carboxylic acids is 2. The monoisotopic (exact) mass is 397 g/mol. The molecule has 8 heteroatoms. The largest absolute Gasteiger partial charge is 0.493 e. The van der Waals surface area contributed by atoms with Crippen LogP contribution < -0.4 is 29.7 Å². The molecule has 2 aromatic carbocycles. The van der Waals surface area contributed by atoms with Gasteiger partial charge in [0.2, 0.25) is 11.7 Å². The second kappa shape index (κ2) is 7.54. The van der Waals surface area contributed by atoms with E-state index in [1.165, 1.54) is 21.3 Å². The number of hydrogen-bond acceptors (Lipinski definition) is 6. The molecule has 2 aliphatic heterocycles. The van der Waals surface area contributed by atoms with Crippen LogP contribution in [0.3, 0.4) is 0 Å². The number of nitrogens with zero attached hydrogens (tertiary/aromatic N) is 1. The maximum absolute atomic E-state index is 12.9. The van der Waals surface area contributed by atoms with Crippen molar-refractivity contribution in [2.75, 3.05) is 38.1 Å². The quantitative estimate of drug-likeness (QED) is 0.803. The predicted molar refractivity (Wildman–Crippen MR) is 108 cm³/mol. The van der Waals surface area contributed by atoms with Crippen LogP contribution in [-0.4, -0.2) is 51.8 Å². The molecule has 1 saturated heterocycles. The Bertz CT molecular complexity index is 936. The molecule has 0 spiro atoms. The smallest absolute Gasteiger partial charge is 0.251 e. The maximum Gasteiger partial charge on any atom is 0.251 e. The number of ether oxygens (including phenoxy) is 3. The Labute approximate surface area is 168 Å². The average Bonchev–Trinajstić information content (AvgIpc) is 3.17. The van der Waals surface area contributed by atoms with Crippen LogP contribution in [-0.2, 0) is 4.79 Å². The highest BCUT2D eigenvalue weighted by Crippen LogP contribution is 2.39. The van der Waals surface area contributed by atoms with Gasteiger partial charge >= 0.3 is 0 Å². The summed E-state index contributed by atoms with van der Waals surface area (Å²) in [5, 5.41) is 5.97. The lowest BCUT2D eigenvalue weighted by Crippen LogP contribution is -2.44. The number of para-hydroxylation sites is 2. The second-order valence-corrected chi connectivity index (χ2v) is 6.99. The molecule has 2 aliphatic rings. The van der Waals surface area contributed by atoms with Gasteiger partial charge in [0.1, 0.15) is 6.04 Å². The van der Waals surface area contributed by atoms with Crippen LogP contribution in [0.25, 0.3) is 0 Å². The molecule has 29 heavy (non-hydrogen) atoms. The molecule has 2 aromatic rings. The fraction of sp³-hybridized carbons (Fsp3) is 0.333. The minimum atomic E-state index is -0.296. The van der Waals surface area contributed by atoms with Crippen molar-refractivity contribution in [1.29, 1.82) is 0 Å². The Kier molecular flexibility index (Phi) is 4.92. The lowest BCUT2D eigenvalue weighted by Gasteiger charge is -2.32. The summed E-state index contributed by atoms with van der Waals surface area (Å²) >= 11 is 0. The lowest BCUT2D eigenvalue weighted by atomic mass is 10.1. The number of benzene rings is 2. The summed E-state index contributed by atoms with van der Waals surface area (Å²) < 4.78 is 16.0. The van der Waals surface area contributed by atoms with Gasteiger partial charge in [-0.15, -0.1) is 0 Å². The van der Waals surface area contributed by atoms with Crippen molar-refractivity contribution >= 4 is 23.2 Å². The predicted octanol–water partition coefficient (Wildman–Crippen LogP) is 2.04. The maximum atomic E-state index is 12.9. The molecule has 1 fully saturated rings. The molecule has 2 heterocycles. The fourth-order valence-electron chi connectivity index (χ4n) is 3.98. The van der Waals surface area contributed by atoms with E-state index in [0.29, 0.717) is 35.8 Å². The molecule has 4 rings (SSSR count). The van der Waals surface area contributed by atoms with Crippen molar-refractivity contribution in [2.24, 2.45) is 0 Å². The van der Waals surface area contributed by atoms with Crippen LogP contribution in [0.2, 0.25) is 0 Å².